The molecule has 1 aromatic carbocycles. The molecule has 0 aliphatic carbocycles. The minimum absolute atomic E-state index is 0.00876. The molecule has 2 N–H and O–H groups in total. The first-order chi connectivity index (χ1) is 13.4. The molecule has 0 aromatic heterocycles. The standard InChI is InChI=1S/C17H19Cl2N5O3S2/c1-17(2,3)24(4)29(26,27)15-14(25)12(8-28-15)23-16(21-9-20)22-11-7-5-6-10(18)13(11)19/h5-8,15H,1-4H3,(H2,21,22,23). The van der Waals surface area contributed by atoms with Crippen LogP contribution in [-0.2, 0) is 14.8 Å². The Balaban J connectivity index is 2.27. The van der Waals surface area contributed by atoms with Gasteiger partial charge < -0.3 is 5.32 Å². The van der Waals surface area contributed by atoms with Crippen LogP contribution < -0.4 is 10.6 Å². The highest BCUT2D eigenvalue weighted by atomic mass is 35.5. The maximum absolute atomic E-state index is 12.8. The molecule has 8 nitrogen and oxygen atoms in total. The molecule has 29 heavy (non-hydrogen) atoms. The summed E-state index contributed by atoms with van der Waals surface area (Å²) in [5.41, 5.74) is -0.431. The van der Waals surface area contributed by atoms with E-state index in [1.54, 1.807) is 45.2 Å². The number of carbonyl (C=O) groups excluding carboxylic acids is 1. The van der Waals surface area contributed by atoms with Crippen molar-refractivity contribution in [3.8, 4) is 6.19 Å². The van der Waals surface area contributed by atoms with Crippen molar-refractivity contribution in [2.24, 2.45) is 4.99 Å². The molecule has 0 saturated carbocycles. The number of thioether (sulfide) groups is 1. The van der Waals surface area contributed by atoms with Crippen molar-refractivity contribution >= 4 is 62.4 Å². The van der Waals surface area contributed by atoms with Crippen molar-refractivity contribution in [1.29, 1.82) is 5.26 Å². The average Bonchev–Trinajstić information content (AvgIpc) is 2.99. The van der Waals surface area contributed by atoms with Crippen LogP contribution in [0.3, 0.4) is 0 Å². The lowest BCUT2D eigenvalue weighted by Crippen LogP contribution is -2.48. The van der Waals surface area contributed by atoms with Crippen LogP contribution in [-0.4, -0.2) is 41.6 Å². The van der Waals surface area contributed by atoms with Gasteiger partial charge in [0.05, 0.1) is 21.4 Å². The number of guanidine groups is 1. The number of aliphatic imine (C=N–C) groups is 1. The summed E-state index contributed by atoms with van der Waals surface area (Å²) < 4.78 is 25.5. The van der Waals surface area contributed by atoms with Crippen molar-refractivity contribution in [2.75, 3.05) is 7.05 Å². The molecule has 1 aliphatic rings. The van der Waals surface area contributed by atoms with Crippen molar-refractivity contribution in [2.45, 2.75) is 30.9 Å². The minimum Gasteiger partial charge on any atom is -0.322 e. The van der Waals surface area contributed by atoms with E-state index in [0.717, 1.165) is 11.8 Å². The Bertz CT molecular complexity index is 1030. The molecule has 1 aromatic rings. The largest absolute Gasteiger partial charge is 0.322 e. The molecule has 0 spiro atoms. The fourth-order valence-corrected chi connectivity index (χ4v) is 5.75. The highest BCUT2D eigenvalue weighted by molar-refractivity contribution is 8.16. The number of carbonyl (C=O) groups is 1. The van der Waals surface area contributed by atoms with Gasteiger partial charge in [-0.3, -0.25) is 10.1 Å². The van der Waals surface area contributed by atoms with Crippen LogP contribution in [0.1, 0.15) is 20.8 Å². The Labute approximate surface area is 184 Å². The average molecular weight is 476 g/mol. The van der Waals surface area contributed by atoms with E-state index < -0.39 is 25.9 Å². The lowest BCUT2D eigenvalue weighted by atomic mass is 10.1. The summed E-state index contributed by atoms with van der Waals surface area (Å²) >= 11 is 12.9. The van der Waals surface area contributed by atoms with Crippen LogP contribution in [0, 0.1) is 11.5 Å². The minimum atomic E-state index is -3.91. The van der Waals surface area contributed by atoms with Gasteiger partial charge in [0.1, 0.15) is 0 Å². The Morgan fingerprint density at radius 3 is 2.59 bits per heavy atom. The number of nitrogens with zero attached hydrogens (tertiary/aromatic N) is 3. The van der Waals surface area contributed by atoms with Crippen molar-refractivity contribution in [1.82, 2.24) is 14.9 Å². The third kappa shape index (κ3) is 5.24. The first-order valence-corrected chi connectivity index (χ1v) is 11.4. The van der Waals surface area contributed by atoms with Gasteiger partial charge in [0.15, 0.2) is 10.8 Å². The van der Waals surface area contributed by atoms with E-state index in [4.69, 9.17) is 28.5 Å². The molecular formula is C17H19Cl2N5O3S2. The second-order valence-electron chi connectivity index (χ2n) is 6.94. The molecule has 2 rings (SSSR count). The SMILES string of the molecule is CN(C(C)(C)C)S(=O)(=O)C1SC=C(NC(=Nc2cccc(Cl)c2Cl)NC#N)C1=O. The molecular weight excluding hydrogens is 457 g/mol. The van der Waals surface area contributed by atoms with Crippen LogP contribution in [0.25, 0.3) is 0 Å². The van der Waals surface area contributed by atoms with E-state index in [1.165, 1.54) is 16.8 Å². The van der Waals surface area contributed by atoms with Crippen molar-refractivity contribution in [3.63, 3.8) is 0 Å². The number of nitrogens with one attached hydrogen (secondary N) is 2. The summed E-state index contributed by atoms with van der Waals surface area (Å²) in [6.07, 6.45) is 1.70. The molecule has 156 valence electrons. The summed E-state index contributed by atoms with van der Waals surface area (Å²) in [7, 11) is -2.48. The van der Waals surface area contributed by atoms with Crippen molar-refractivity contribution < 1.29 is 13.2 Å². The van der Waals surface area contributed by atoms with Gasteiger partial charge in [-0.15, -0.1) is 11.8 Å². The van der Waals surface area contributed by atoms with E-state index in [-0.39, 0.29) is 27.4 Å². The number of ketones is 1. The predicted octanol–water partition coefficient (Wildman–Crippen LogP) is 3.18. The molecule has 1 atom stereocenters. The predicted molar refractivity (Wildman–Crippen MR) is 116 cm³/mol. The van der Waals surface area contributed by atoms with Crippen LogP contribution in [0.15, 0.2) is 34.3 Å². The van der Waals surface area contributed by atoms with Crippen molar-refractivity contribution in [3.05, 3.63) is 39.3 Å². The Morgan fingerprint density at radius 2 is 2.00 bits per heavy atom. The molecule has 1 aliphatic heterocycles. The van der Waals surface area contributed by atoms with Gasteiger partial charge >= 0.3 is 0 Å². The molecule has 0 radical (unpaired) electrons. The van der Waals surface area contributed by atoms with E-state index in [2.05, 4.69) is 15.6 Å². The Kier molecular flexibility index (Phi) is 7.24. The van der Waals surface area contributed by atoms with Gasteiger partial charge in [0.2, 0.25) is 21.8 Å². The third-order valence-electron chi connectivity index (χ3n) is 3.98. The number of nitriles is 1. The Hall–Kier alpha value is -1.77. The molecule has 12 heteroatoms. The number of sulfonamides is 1. The van der Waals surface area contributed by atoms with Gasteiger partial charge in [-0.05, 0) is 32.9 Å². The second kappa shape index (κ2) is 8.93. The zero-order chi connectivity index (χ0) is 22.0. The van der Waals surface area contributed by atoms with Gasteiger partial charge in [-0.1, -0.05) is 29.3 Å². The van der Waals surface area contributed by atoms with E-state index >= 15 is 0 Å². The van der Waals surface area contributed by atoms with Gasteiger partial charge in [0, 0.05) is 18.0 Å². The molecule has 0 bridgehead atoms. The van der Waals surface area contributed by atoms with E-state index in [0.29, 0.717) is 0 Å². The smallest absolute Gasteiger partial charge is 0.234 e. The van der Waals surface area contributed by atoms with Crippen LogP contribution >= 0.6 is 35.0 Å². The van der Waals surface area contributed by atoms with Crippen LogP contribution in [0.4, 0.5) is 5.69 Å². The zero-order valence-corrected chi connectivity index (χ0v) is 19.2. The molecule has 1 heterocycles. The maximum atomic E-state index is 12.8. The number of hydrogen-bond acceptors (Lipinski definition) is 6. The topological polar surface area (TPSA) is 115 Å². The summed E-state index contributed by atoms with van der Waals surface area (Å²) in [5.74, 6) is -0.741. The van der Waals surface area contributed by atoms with Crippen LogP contribution in [0.2, 0.25) is 10.0 Å². The molecule has 0 saturated heterocycles. The number of hydrogen-bond donors (Lipinski definition) is 2. The first-order valence-electron chi connectivity index (χ1n) is 8.22. The van der Waals surface area contributed by atoms with E-state index in [1.807, 2.05) is 0 Å². The third-order valence-corrected chi connectivity index (χ3v) is 8.75. The fraction of sp³-hybridized carbons (Fsp3) is 0.353. The lowest BCUT2D eigenvalue weighted by molar-refractivity contribution is -0.114. The lowest BCUT2D eigenvalue weighted by Gasteiger charge is -2.32. The first kappa shape index (κ1) is 23.5. The molecule has 0 fully saturated rings. The summed E-state index contributed by atoms with van der Waals surface area (Å²) in [5, 5.41) is 15.8. The van der Waals surface area contributed by atoms with E-state index in [9.17, 15) is 13.2 Å². The zero-order valence-electron chi connectivity index (χ0n) is 16.0. The number of benzene rings is 1. The fourth-order valence-electron chi connectivity index (χ4n) is 2.17. The monoisotopic (exact) mass is 475 g/mol. The highest BCUT2D eigenvalue weighted by Gasteiger charge is 2.44. The number of allylic oxidation sites excluding steroid dienone is 1. The maximum Gasteiger partial charge on any atom is 0.234 e. The summed E-state index contributed by atoms with van der Waals surface area (Å²) in [4.78, 5) is 16.9. The molecule has 0 amide bonds. The molecule has 1 unspecified atom stereocenters. The number of Topliss-reactive ketones (excluding diaryl/α,β-unsaturated/α-hetero) is 1. The second-order valence-corrected chi connectivity index (χ2v) is 11.1. The summed E-state index contributed by atoms with van der Waals surface area (Å²) in [6.45, 7) is 5.20. The highest BCUT2D eigenvalue weighted by Crippen LogP contribution is 2.34. The van der Waals surface area contributed by atoms with Gasteiger partial charge in [-0.25, -0.2) is 13.4 Å². The van der Waals surface area contributed by atoms with Crippen LogP contribution in [0.5, 0.6) is 0 Å². The van der Waals surface area contributed by atoms with Gasteiger partial charge in [-0.2, -0.15) is 9.57 Å². The number of halogens is 2. The Morgan fingerprint density at radius 1 is 1.34 bits per heavy atom. The van der Waals surface area contributed by atoms with Gasteiger partial charge in [0.25, 0.3) is 0 Å². The normalized spacial score (nSPS) is 17.9. The quantitative estimate of drug-likeness (QED) is 0.297. The summed E-state index contributed by atoms with van der Waals surface area (Å²) in [6, 6.07) is 4.77. The number of rotatable bonds is 4.